The van der Waals surface area contributed by atoms with Gasteiger partial charge in [-0.1, -0.05) is 0 Å². The molecule has 0 N–H and O–H groups in total. The van der Waals surface area contributed by atoms with E-state index in [1.54, 1.807) is 0 Å². The van der Waals surface area contributed by atoms with Crippen LogP contribution in [0, 0.1) is 0 Å². The van der Waals surface area contributed by atoms with Crippen molar-refractivity contribution in [2.24, 2.45) is 0 Å². The Labute approximate surface area is 78.9 Å². The quantitative estimate of drug-likeness (QED) is 0.689. The van der Waals surface area contributed by atoms with Crippen LogP contribution in [0.25, 0.3) is 0 Å². The fourth-order valence-corrected chi connectivity index (χ4v) is 0.774. The number of aromatic nitrogens is 2. The van der Waals surface area contributed by atoms with Gasteiger partial charge in [0.25, 0.3) is 0 Å². The van der Waals surface area contributed by atoms with Crippen molar-refractivity contribution in [1.82, 2.24) is 9.97 Å². The van der Waals surface area contributed by atoms with Crippen LogP contribution in [0.5, 0.6) is 0 Å². The first-order valence-electron chi connectivity index (χ1n) is 3.91. The van der Waals surface area contributed by atoms with Crippen molar-refractivity contribution < 1.29 is 18.3 Å². The lowest BCUT2D eigenvalue weighted by Crippen LogP contribution is -2.30. The number of carbonyl (C=O) groups excluding carboxylic acids is 1. The van der Waals surface area contributed by atoms with Crippen molar-refractivity contribution in [3.8, 4) is 0 Å². The van der Waals surface area contributed by atoms with E-state index in [0.29, 0.717) is 0 Å². The van der Waals surface area contributed by atoms with E-state index in [4.69, 9.17) is 0 Å². The van der Waals surface area contributed by atoms with E-state index in [-0.39, 0.29) is 6.61 Å². The summed E-state index contributed by atoms with van der Waals surface area (Å²) in [6.07, 6.45) is 2.27. The number of alkyl halides is 2. The number of nitrogens with zero attached hydrogens (tertiary/aromatic N) is 2. The monoisotopic (exact) mass is 202 g/mol. The van der Waals surface area contributed by atoms with Crippen LogP contribution < -0.4 is 0 Å². The van der Waals surface area contributed by atoms with Crippen LogP contribution in [-0.2, 0) is 15.5 Å². The molecule has 4 nitrogen and oxygen atoms in total. The topological polar surface area (TPSA) is 52.1 Å². The third kappa shape index (κ3) is 2.01. The van der Waals surface area contributed by atoms with Gasteiger partial charge in [0, 0.05) is 12.4 Å². The Kier molecular flexibility index (Phi) is 3.06. The standard InChI is InChI=1S/C8H8F2N2O2/c1-2-14-7(13)8(9,10)6-11-4-3-5-12-6/h3-5H,2H2,1H3. The van der Waals surface area contributed by atoms with E-state index < -0.39 is 17.7 Å². The lowest BCUT2D eigenvalue weighted by Gasteiger charge is -2.11. The minimum absolute atomic E-state index is 0.110. The van der Waals surface area contributed by atoms with Crippen molar-refractivity contribution in [2.45, 2.75) is 12.8 Å². The fraction of sp³-hybridized carbons (Fsp3) is 0.375. The first-order valence-corrected chi connectivity index (χ1v) is 3.91. The van der Waals surface area contributed by atoms with Crippen LogP contribution in [0.1, 0.15) is 12.7 Å². The van der Waals surface area contributed by atoms with Crippen LogP contribution in [0.15, 0.2) is 18.5 Å². The van der Waals surface area contributed by atoms with Gasteiger partial charge in [-0.3, -0.25) is 0 Å². The molecule has 0 aliphatic rings. The summed E-state index contributed by atoms with van der Waals surface area (Å²) in [6.45, 7) is 1.33. The highest BCUT2D eigenvalue weighted by molar-refractivity contribution is 5.78. The van der Waals surface area contributed by atoms with Gasteiger partial charge in [-0.25, -0.2) is 14.8 Å². The fourth-order valence-electron chi connectivity index (χ4n) is 0.774. The molecule has 6 heteroatoms. The molecule has 0 radical (unpaired) electrons. The molecule has 0 aliphatic heterocycles. The first-order chi connectivity index (χ1) is 6.59. The maximum absolute atomic E-state index is 13.1. The summed E-state index contributed by atoms with van der Waals surface area (Å²) in [5.41, 5.74) is 0. The van der Waals surface area contributed by atoms with Gasteiger partial charge in [-0.2, -0.15) is 8.78 Å². The Morgan fingerprint density at radius 1 is 1.50 bits per heavy atom. The molecule has 0 amide bonds. The molecule has 0 bridgehead atoms. The second-order valence-corrected chi connectivity index (χ2v) is 2.37. The van der Waals surface area contributed by atoms with Crippen molar-refractivity contribution in [3.05, 3.63) is 24.3 Å². The van der Waals surface area contributed by atoms with Crippen molar-refractivity contribution in [3.63, 3.8) is 0 Å². The lowest BCUT2D eigenvalue weighted by molar-refractivity contribution is -0.174. The van der Waals surface area contributed by atoms with Gasteiger partial charge in [0.05, 0.1) is 6.61 Å². The minimum atomic E-state index is -3.78. The third-order valence-electron chi connectivity index (χ3n) is 1.38. The Hall–Kier alpha value is -1.59. The Balaban J connectivity index is 2.90. The van der Waals surface area contributed by atoms with Gasteiger partial charge >= 0.3 is 11.9 Å². The second kappa shape index (κ2) is 4.08. The van der Waals surface area contributed by atoms with Gasteiger partial charge in [0.1, 0.15) is 0 Å². The van der Waals surface area contributed by atoms with Crippen LogP contribution in [0.3, 0.4) is 0 Å². The second-order valence-electron chi connectivity index (χ2n) is 2.37. The van der Waals surface area contributed by atoms with Gasteiger partial charge in [0.2, 0.25) is 5.82 Å². The summed E-state index contributed by atoms with van der Waals surface area (Å²) in [5, 5.41) is 0. The molecule has 1 aromatic rings. The maximum Gasteiger partial charge on any atom is 0.401 e. The SMILES string of the molecule is CCOC(=O)C(F)(F)c1ncccn1. The Morgan fingerprint density at radius 2 is 2.07 bits per heavy atom. The van der Waals surface area contributed by atoms with Gasteiger partial charge < -0.3 is 4.74 Å². The van der Waals surface area contributed by atoms with Crippen LogP contribution in [0.2, 0.25) is 0 Å². The number of hydrogen-bond acceptors (Lipinski definition) is 4. The number of halogens is 2. The van der Waals surface area contributed by atoms with E-state index in [1.807, 2.05) is 0 Å². The average molecular weight is 202 g/mol. The largest absolute Gasteiger partial charge is 0.461 e. The van der Waals surface area contributed by atoms with Gasteiger partial charge in [-0.05, 0) is 13.0 Å². The molecular weight excluding hydrogens is 194 g/mol. The normalized spacial score (nSPS) is 11.1. The highest BCUT2D eigenvalue weighted by Gasteiger charge is 2.45. The zero-order valence-corrected chi connectivity index (χ0v) is 7.41. The molecule has 0 saturated carbocycles. The molecular formula is C8H8F2N2O2. The summed E-state index contributed by atoms with van der Waals surface area (Å²) in [7, 11) is 0. The molecule has 0 fully saturated rings. The zero-order chi connectivity index (χ0) is 10.6. The zero-order valence-electron chi connectivity index (χ0n) is 7.41. The molecule has 0 aromatic carbocycles. The molecule has 0 aliphatic carbocycles. The molecule has 1 rings (SSSR count). The van der Waals surface area contributed by atoms with Gasteiger partial charge in [0.15, 0.2) is 0 Å². The van der Waals surface area contributed by atoms with Crippen LogP contribution in [0.4, 0.5) is 8.78 Å². The highest BCUT2D eigenvalue weighted by atomic mass is 19.3. The number of ether oxygens (including phenoxy) is 1. The Bertz CT molecular complexity index is 316. The van der Waals surface area contributed by atoms with E-state index >= 15 is 0 Å². The van der Waals surface area contributed by atoms with Gasteiger partial charge in [-0.15, -0.1) is 0 Å². The first kappa shape index (κ1) is 10.5. The predicted molar refractivity (Wildman–Crippen MR) is 42.6 cm³/mol. The van der Waals surface area contributed by atoms with Crippen molar-refractivity contribution in [2.75, 3.05) is 6.61 Å². The van der Waals surface area contributed by atoms with E-state index in [9.17, 15) is 13.6 Å². The summed E-state index contributed by atoms with van der Waals surface area (Å²) < 4.78 is 30.5. The number of esters is 1. The van der Waals surface area contributed by atoms with Crippen molar-refractivity contribution >= 4 is 5.97 Å². The summed E-state index contributed by atoms with van der Waals surface area (Å²) in [5.74, 6) is -6.26. The number of hydrogen-bond donors (Lipinski definition) is 0. The van der Waals surface area contributed by atoms with E-state index in [2.05, 4.69) is 14.7 Å². The Morgan fingerprint density at radius 3 is 2.57 bits per heavy atom. The maximum atomic E-state index is 13.1. The van der Waals surface area contributed by atoms with E-state index in [1.165, 1.54) is 13.0 Å². The number of rotatable bonds is 3. The number of carbonyl (C=O) groups is 1. The molecule has 0 saturated heterocycles. The summed E-state index contributed by atoms with van der Waals surface area (Å²) in [4.78, 5) is 17.4. The molecule has 0 unspecified atom stereocenters. The lowest BCUT2D eigenvalue weighted by atomic mass is 10.3. The average Bonchev–Trinajstić information content (AvgIpc) is 2.19. The van der Waals surface area contributed by atoms with E-state index in [0.717, 1.165) is 12.4 Å². The minimum Gasteiger partial charge on any atom is -0.461 e. The molecule has 14 heavy (non-hydrogen) atoms. The molecule has 76 valence electrons. The smallest absolute Gasteiger partial charge is 0.401 e. The summed E-state index contributed by atoms with van der Waals surface area (Å²) >= 11 is 0. The highest BCUT2D eigenvalue weighted by Crippen LogP contribution is 2.25. The van der Waals surface area contributed by atoms with Crippen LogP contribution >= 0.6 is 0 Å². The molecule has 0 spiro atoms. The molecule has 1 aromatic heterocycles. The summed E-state index contributed by atoms with van der Waals surface area (Å²) in [6, 6.07) is 1.38. The van der Waals surface area contributed by atoms with Crippen molar-refractivity contribution in [1.29, 1.82) is 0 Å². The van der Waals surface area contributed by atoms with Crippen LogP contribution in [-0.4, -0.2) is 22.5 Å². The third-order valence-corrected chi connectivity index (χ3v) is 1.38. The molecule has 1 heterocycles. The predicted octanol–water partition coefficient (Wildman–Crippen LogP) is 1.13. The molecule has 0 atom stereocenters.